The summed E-state index contributed by atoms with van der Waals surface area (Å²) < 4.78 is 20.9. The minimum absolute atomic E-state index is 0.227. The van der Waals surface area contributed by atoms with E-state index in [9.17, 15) is 19.2 Å². The fourth-order valence-electron chi connectivity index (χ4n) is 5.78. The highest BCUT2D eigenvalue weighted by molar-refractivity contribution is 8.30. The molecule has 4 aliphatic heterocycles. The number of thiocarbonyl (C=S) groups is 2. The van der Waals surface area contributed by atoms with Crippen LogP contribution in [0, 0.1) is 6.92 Å². The van der Waals surface area contributed by atoms with Crippen molar-refractivity contribution in [2.45, 2.75) is 45.7 Å². The predicted molar refractivity (Wildman–Crippen MR) is 229 cm³/mol. The first kappa shape index (κ1) is 41.6. The topological polar surface area (TPSA) is 120 Å². The fourth-order valence-corrected chi connectivity index (χ4v) is 11.9. The summed E-state index contributed by atoms with van der Waals surface area (Å²) in [6.45, 7) is 10.2. The highest BCUT2D eigenvalue weighted by atomic mass is 32.2. The number of nitrogens with zero attached hydrogens (tertiary/aromatic N) is 1. The molecule has 0 atom stereocenters. The van der Waals surface area contributed by atoms with E-state index in [4.69, 9.17) is 43.4 Å². The highest BCUT2D eigenvalue weighted by Gasteiger charge is 2.43. The van der Waals surface area contributed by atoms with Gasteiger partial charge in [0.15, 0.2) is 0 Å². The molecule has 0 saturated carbocycles. The molecule has 0 amide bonds. The van der Waals surface area contributed by atoms with Crippen molar-refractivity contribution >= 4 is 128 Å². The fraction of sp³-hybridized carbons (Fsp3) is 0.316. The van der Waals surface area contributed by atoms with Gasteiger partial charge in [-0.15, -0.1) is 0 Å². The highest BCUT2D eigenvalue weighted by Crippen LogP contribution is 2.57. The lowest BCUT2D eigenvalue weighted by molar-refractivity contribution is -0.138. The molecule has 284 valence electrons. The van der Waals surface area contributed by atoms with Crippen LogP contribution in [0.5, 0.6) is 0 Å². The molecule has 54 heavy (non-hydrogen) atoms. The molecule has 0 aromatic heterocycles. The standard InChI is InChI=1S/2C19H19NO4S3/c1-9-6-7-10-11(8-9)20-19(2,3)15(25)12(10)18-26-13(16(21)23-4)14(27-18)17(22)24-5;1-19(2)15(25)12(10-8-6-7-9-11(10)20(19)3)18-26-13(16(21)23-4)14(27-18)17(22)24-5/h6-8,20H,1-5H3;6-9H,1-5H3. The molecule has 1 N–H and O–H groups in total. The van der Waals surface area contributed by atoms with E-state index in [-0.39, 0.29) is 19.6 Å². The zero-order chi connectivity index (χ0) is 39.9. The summed E-state index contributed by atoms with van der Waals surface area (Å²) in [4.78, 5) is 53.3. The number of benzene rings is 2. The number of hydrogen-bond donors (Lipinski definition) is 1. The van der Waals surface area contributed by atoms with E-state index < -0.39 is 35.0 Å². The van der Waals surface area contributed by atoms with E-state index in [1.54, 1.807) is 0 Å². The van der Waals surface area contributed by atoms with Gasteiger partial charge in [-0.25, -0.2) is 19.2 Å². The number of carbonyl (C=O) groups is 4. The van der Waals surface area contributed by atoms with Gasteiger partial charge in [0.2, 0.25) is 0 Å². The summed E-state index contributed by atoms with van der Waals surface area (Å²) >= 11 is 16.5. The lowest BCUT2D eigenvalue weighted by atomic mass is 9.84. The molecule has 10 nitrogen and oxygen atoms in total. The van der Waals surface area contributed by atoms with Crippen molar-refractivity contribution in [1.29, 1.82) is 0 Å². The van der Waals surface area contributed by atoms with Gasteiger partial charge in [-0.3, -0.25) is 0 Å². The number of thioether (sulfide) groups is 4. The number of para-hydroxylation sites is 1. The Kier molecular flexibility index (Phi) is 12.5. The van der Waals surface area contributed by atoms with E-state index >= 15 is 0 Å². The first-order valence-corrected chi connectivity index (χ1v) is 20.3. The maximum Gasteiger partial charge on any atom is 0.346 e. The van der Waals surface area contributed by atoms with Crippen molar-refractivity contribution in [3.8, 4) is 0 Å². The summed E-state index contributed by atoms with van der Waals surface area (Å²) in [5, 5.41) is 3.48. The second kappa shape index (κ2) is 16.3. The van der Waals surface area contributed by atoms with Crippen LogP contribution in [0.2, 0.25) is 0 Å². The van der Waals surface area contributed by atoms with Crippen LogP contribution in [0.3, 0.4) is 0 Å². The minimum atomic E-state index is -0.563. The Morgan fingerprint density at radius 1 is 0.648 bits per heavy atom. The Morgan fingerprint density at radius 2 is 1.07 bits per heavy atom. The van der Waals surface area contributed by atoms with Crippen LogP contribution in [0.4, 0.5) is 11.4 Å². The van der Waals surface area contributed by atoms with E-state index in [0.29, 0.717) is 0 Å². The van der Waals surface area contributed by atoms with E-state index in [0.717, 1.165) is 57.4 Å². The average Bonchev–Trinajstić information content (AvgIpc) is 3.79. The molecule has 6 rings (SSSR count). The lowest BCUT2D eigenvalue weighted by Crippen LogP contribution is -2.50. The molecule has 0 bridgehead atoms. The van der Waals surface area contributed by atoms with Crippen LogP contribution in [0.25, 0.3) is 11.1 Å². The van der Waals surface area contributed by atoms with Gasteiger partial charge in [0.25, 0.3) is 0 Å². The zero-order valence-electron chi connectivity index (χ0n) is 31.2. The van der Waals surface area contributed by atoms with Gasteiger partial charge >= 0.3 is 23.9 Å². The Bertz CT molecular complexity index is 2090. The van der Waals surface area contributed by atoms with Crippen molar-refractivity contribution in [3.05, 3.63) is 87.2 Å². The van der Waals surface area contributed by atoms with Crippen molar-refractivity contribution in [2.24, 2.45) is 0 Å². The molecule has 4 aliphatic rings. The predicted octanol–water partition coefficient (Wildman–Crippen LogP) is 8.27. The van der Waals surface area contributed by atoms with E-state index in [1.807, 2.05) is 64.2 Å². The van der Waals surface area contributed by atoms with Gasteiger partial charge in [-0.05, 0) is 52.3 Å². The largest absolute Gasteiger partial charge is 0.465 e. The maximum absolute atomic E-state index is 12.2. The number of methoxy groups -OCH3 is 4. The number of hydrogen-bond acceptors (Lipinski definition) is 16. The van der Waals surface area contributed by atoms with Crippen molar-refractivity contribution in [3.63, 3.8) is 0 Å². The monoisotopic (exact) mass is 842 g/mol. The molecule has 0 fully saturated rings. The molecule has 2 aromatic rings. The number of anilines is 2. The van der Waals surface area contributed by atoms with Crippen molar-refractivity contribution < 1.29 is 38.1 Å². The van der Waals surface area contributed by atoms with Gasteiger partial charge in [-0.2, -0.15) is 0 Å². The third-order valence-electron chi connectivity index (χ3n) is 8.93. The minimum Gasteiger partial charge on any atom is -0.465 e. The molecule has 4 heterocycles. The molecular formula is C38H38N2O8S6. The number of fused-ring (bicyclic) bond motifs is 2. The summed E-state index contributed by atoms with van der Waals surface area (Å²) in [5.74, 6) is -2.25. The van der Waals surface area contributed by atoms with E-state index in [1.165, 1.54) is 75.5 Å². The van der Waals surface area contributed by atoms with Crippen LogP contribution in [-0.2, 0) is 38.1 Å². The van der Waals surface area contributed by atoms with Crippen LogP contribution >= 0.6 is 71.5 Å². The Balaban J connectivity index is 0.000000208. The lowest BCUT2D eigenvalue weighted by Gasteiger charge is -2.44. The van der Waals surface area contributed by atoms with E-state index in [2.05, 4.69) is 30.1 Å². The summed E-state index contributed by atoms with van der Waals surface area (Å²) in [6.07, 6.45) is 0. The number of carbonyl (C=O) groups excluding carboxylic acids is 4. The number of nitrogens with one attached hydrogen (secondary N) is 1. The molecule has 0 aliphatic carbocycles. The first-order chi connectivity index (χ1) is 25.4. The van der Waals surface area contributed by atoms with Gasteiger partial charge in [0.1, 0.15) is 19.6 Å². The van der Waals surface area contributed by atoms with Gasteiger partial charge < -0.3 is 29.2 Å². The smallest absolute Gasteiger partial charge is 0.346 e. The third kappa shape index (κ3) is 7.65. The molecule has 0 saturated heterocycles. The molecule has 16 heteroatoms. The second-order valence-electron chi connectivity index (χ2n) is 13.1. The molecule has 0 spiro atoms. The van der Waals surface area contributed by atoms with Crippen LogP contribution < -0.4 is 10.2 Å². The average molecular weight is 843 g/mol. The van der Waals surface area contributed by atoms with Crippen molar-refractivity contribution in [2.75, 3.05) is 45.7 Å². The molecular weight excluding hydrogens is 805 g/mol. The van der Waals surface area contributed by atoms with Gasteiger partial charge in [0, 0.05) is 50.4 Å². The normalized spacial score (nSPS) is 18.4. The van der Waals surface area contributed by atoms with Crippen LogP contribution in [0.1, 0.15) is 44.4 Å². The zero-order valence-corrected chi connectivity index (χ0v) is 36.1. The Morgan fingerprint density at radius 3 is 1.52 bits per heavy atom. The van der Waals surface area contributed by atoms with Gasteiger partial charge in [0.05, 0.1) is 48.0 Å². The third-order valence-corrected chi connectivity index (χ3v) is 15.5. The SMILES string of the molecule is COC(=O)C1=C(C(=O)OC)SC(=C2C(=S)C(C)(C)N(C)c3ccccc32)S1.COC(=O)C1=C(C(=O)OC)SC(=C2C(=S)C(C)(C)Nc3cc(C)ccc32)S1. The second-order valence-corrected chi connectivity index (χ2v) is 18.5. The number of aryl methyl sites for hydroxylation is 1. The Hall–Kier alpha value is -3.54. The summed E-state index contributed by atoms with van der Waals surface area (Å²) in [5.41, 5.74) is 5.98. The number of rotatable bonds is 4. The molecule has 0 unspecified atom stereocenters. The Labute approximate surface area is 342 Å². The summed E-state index contributed by atoms with van der Waals surface area (Å²) in [6, 6.07) is 14.1. The summed E-state index contributed by atoms with van der Waals surface area (Å²) in [7, 11) is 7.17. The first-order valence-electron chi connectivity index (χ1n) is 16.3. The number of esters is 4. The molecule has 0 radical (unpaired) electrons. The quantitative estimate of drug-likeness (QED) is 0.138. The van der Waals surface area contributed by atoms with Crippen LogP contribution in [-0.4, -0.2) is 80.2 Å². The molecule has 2 aromatic carbocycles. The van der Waals surface area contributed by atoms with Crippen LogP contribution in [0.15, 0.2) is 70.6 Å². The van der Waals surface area contributed by atoms with Crippen molar-refractivity contribution in [1.82, 2.24) is 0 Å². The number of ether oxygens (including phenoxy) is 4. The maximum atomic E-state index is 12.2. The van der Waals surface area contributed by atoms with Gasteiger partial charge in [-0.1, -0.05) is 102 Å².